The molecule has 0 saturated carbocycles. The average molecular weight is 417 g/mol. The zero-order chi connectivity index (χ0) is 19.7. The van der Waals surface area contributed by atoms with Gasteiger partial charge in [-0.25, -0.2) is 13.4 Å². The van der Waals surface area contributed by atoms with Gasteiger partial charge in [0, 0.05) is 29.5 Å². The second kappa shape index (κ2) is 7.54. The number of rotatable bonds is 5. The maximum Gasteiger partial charge on any atom is 0.247 e. The van der Waals surface area contributed by atoms with Crippen LogP contribution in [0.2, 0.25) is 0 Å². The normalized spacial score (nSPS) is 14.5. The molecular weight excluding hydrogens is 396 g/mol. The quantitative estimate of drug-likeness (QED) is 0.636. The monoisotopic (exact) mass is 416 g/mol. The number of thiazole rings is 1. The summed E-state index contributed by atoms with van der Waals surface area (Å²) >= 11 is 1.55. The summed E-state index contributed by atoms with van der Waals surface area (Å²) in [4.78, 5) is 5.82. The maximum absolute atomic E-state index is 13.3. The summed E-state index contributed by atoms with van der Waals surface area (Å²) in [6.45, 7) is 0.691. The summed E-state index contributed by atoms with van der Waals surface area (Å²) < 4.78 is 38.6. The highest BCUT2D eigenvalue weighted by atomic mass is 32.2. The first-order valence-corrected chi connectivity index (χ1v) is 11.0. The fourth-order valence-corrected chi connectivity index (χ4v) is 6.00. The molecule has 2 heterocycles. The Hall–Kier alpha value is -2.42. The molecule has 2 aromatic carbocycles. The van der Waals surface area contributed by atoms with Crippen molar-refractivity contribution in [3.05, 3.63) is 59.1 Å². The lowest BCUT2D eigenvalue weighted by atomic mass is 10.2. The Morgan fingerprint density at radius 3 is 2.57 bits per heavy atom. The Morgan fingerprint density at radius 1 is 1.07 bits per heavy atom. The van der Waals surface area contributed by atoms with E-state index in [1.807, 2.05) is 30.3 Å². The van der Waals surface area contributed by atoms with Gasteiger partial charge in [-0.05, 0) is 12.1 Å². The minimum atomic E-state index is -3.73. The van der Waals surface area contributed by atoms with Gasteiger partial charge in [0.1, 0.15) is 21.4 Å². The molecule has 4 rings (SSSR count). The fraction of sp³-hybridized carbons (Fsp3) is 0.250. The van der Waals surface area contributed by atoms with E-state index in [-0.39, 0.29) is 4.90 Å². The lowest BCUT2D eigenvalue weighted by molar-refractivity contribution is 0.374. The molecule has 0 spiro atoms. The van der Waals surface area contributed by atoms with Gasteiger partial charge in [0.05, 0.1) is 26.5 Å². The van der Waals surface area contributed by atoms with Crippen LogP contribution >= 0.6 is 11.3 Å². The Labute approximate surface area is 168 Å². The number of sulfonamides is 1. The second-order valence-corrected chi connectivity index (χ2v) is 9.35. The van der Waals surface area contributed by atoms with Crippen molar-refractivity contribution in [2.24, 2.45) is 0 Å². The van der Waals surface area contributed by atoms with Crippen molar-refractivity contribution in [1.29, 1.82) is 0 Å². The highest BCUT2D eigenvalue weighted by Crippen LogP contribution is 2.36. The third kappa shape index (κ3) is 3.39. The maximum atomic E-state index is 13.3. The predicted molar refractivity (Wildman–Crippen MR) is 108 cm³/mol. The molecule has 1 aromatic heterocycles. The number of ether oxygens (including phenoxy) is 2. The van der Waals surface area contributed by atoms with Gasteiger partial charge >= 0.3 is 0 Å². The Balaban J connectivity index is 1.66. The van der Waals surface area contributed by atoms with Gasteiger partial charge in [0.2, 0.25) is 10.0 Å². The first kappa shape index (κ1) is 18.9. The van der Waals surface area contributed by atoms with Gasteiger partial charge in [-0.2, -0.15) is 4.31 Å². The molecule has 28 heavy (non-hydrogen) atoms. The van der Waals surface area contributed by atoms with Crippen LogP contribution in [0.4, 0.5) is 0 Å². The summed E-state index contributed by atoms with van der Waals surface area (Å²) in [5.41, 5.74) is 2.03. The molecular formula is C20H20N2O4S2. The highest BCUT2D eigenvalue weighted by molar-refractivity contribution is 7.89. The SMILES string of the molecule is COc1ccc(OC)c(S(=O)(=O)N2CCc3nc(-c4ccccc4)sc3C2)c1. The highest BCUT2D eigenvalue weighted by Gasteiger charge is 2.32. The van der Waals surface area contributed by atoms with Crippen molar-refractivity contribution < 1.29 is 17.9 Å². The van der Waals surface area contributed by atoms with E-state index in [0.29, 0.717) is 31.0 Å². The van der Waals surface area contributed by atoms with Crippen LogP contribution < -0.4 is 9.47 Å². The van der Waals surface area contributed by atoms with Crippen LogP contribution in [0.5, 0.6) is 11.5 Å². The van der Waals surface area contributed by atoms with E-state index in [1.165, 1.54) is 24.6 Å². The fourth-order valence-electron chi connectivity index (χ4n) is 3.21. The molecule has 1 aliphatic rings. The Kier molecular flexibility index (Phi) is 5.09. The minimum absolute atomic E-state index is 0.116. The molecule has 0 amide bonds. The molecule has 0 fully saturated rings. The van der Waals surface area contributed by atoms with Crippen molar-refractivity contribution in [2.45, 2.75) is 17.9 Å². The van der Waals surface area contributed by atoms with Crippen molar-refractivity contribution in [2.75, 3.05) is 20.8 Å². The summed E-state index contributed by atoms with van der Waals surface area (Å²) in [5.74, 6) is 0.780. The number of hydrogen-bond acceptors (Lipinski definition) is 6. The van der Waals surface area contributed by atoms with Crippen molar-refractivity contribution in [3.8, 4) is 22.1 Å². The summed E-state index contributed by atoms with van der Waals surface area (Å²) in [5, 5.41) is 0.920. The smallest absolute Gasteiger partial charge is 0.247 e. The molecule has 0 unspecified atom stereocenters. The van der Waals surface area contributed by atoms with E-state index in [2.05, 4.69) is 0 Å². The van der Waals surface area contributed by atoms with E-state index in [9.17, 15) is 8.42 Å². The number of methoxy groups -OCH3 is 2. The van der Waals surface area contributed by atoms with Gasteiger partial charge in [-0.15, -0.1) is 11.3 Å². The molecule has 1 aliphatic heterocycles. The van der Waals surface area contributed by atoms with Crippen molar-refractivity contribution >= 4 is 21.4 Å². The molecule has 0 atom stereocenters. The third-order valence-electron chi connectivity index (χ3n) is 4.71. The predicted octanol–water partition coefficient (Wildman–Crippen LogP) is 3.57. The van der Waals surface area contributed by atoms with Crippen molar-refractivity contribution in [3.63, 3.8) is 0 Å². The number of fused-ring (bicyclic) bond motifs is 1. The largest absolute Gasteiger partial charge is 0.497 e. The topological polar surface area (TPSA) is 68.7 Å². The van der Waals surface area contributed by atoms with E-state index in [4.69, 9.17) is 14.5 Å². The van der Waals surface area contributed by atoms with Crippen molar-refractivity contribution in [1.82, 2.24) is 9.29 Å². The molecule has 0 aliphatic carbocycles. The summed E-state index contributed by atoms with van der Waals surface area (Å²) in [6, 6.07) is 14.7. The van der Waals surface area contributed by atoms with Crippen LogP contribution in [0.3, 0.4) is 0 Å². The summed E-state index contributed by atoms with van der Waals surface area (Å²) in [7, 11) is -0.758. The van der Waals surface area contributed by atoms with Crippen LogP contribution in [0.1, 0.15) is 10.6 Å². The van der Waals surface area contributed by atoms with Gasteiger partial charge in [-0.3, -0.25) is 0 Å². The average Bonchev–Trinajstić information content (AvgIpc) is 3.17. The zero-order valence-electron chi connectivity index (χ0n) is 15.6. The van der Waals surface area contributed by atoms with Crippen LogP contribution in [-0.2, 0) is 23.0 Å². The minimum Gasteiger partial charge on any atom is -0.497 e. The van der Waals surface area contributed by atoms with Gasteiger partial charge < -0.3 is 9.47 Å². The number of aromatic nitrogens is 1. The lowest BCUT2D eigenvalue weighted by Gasteiger charge is -2.26. The molecule has 0 radical (unpaired) electrons. The lowest BCUT2D eigenvalue weighted by Crippen LogP contribution is -2.35. The van der Waals surface area contributed by atoms with Gasteiger partial charge in [0.15, 0.2) is 0 Å². The molecule has 146 valence electrons. The van der Waals surface area contributed by atoms with Gasteiger partial charge in [0.25, 0.3) is 0 Å². The second-order valence-electron chi connectivity index (χ2n) is 6.36. The van der Waals surface area contributed by atoms with Gasteiger partial charge in [-0.1, -0.05) is 30.3 Å². The number of nitrogens with zero attached hydrogens (tertiary/aromatic N) is 2. The van der Waals surface area contributed by atoms with E-state index < -0.39 is 10.0 Å². The molecule has 0 bridgehead atoms. The number of benzene rings is 2. The van der Waals surface area contributed by atoms with Crippen LogP contribution in [0, 0.1) is 0 Å². The van der Waals surface area contributed by atoms with E-state index >= 15 is 0 Å². The Bertz CT molecular complexity index is 1090. The molecule has 6 nitrogen and oxygen atoms in total. The molecule has 0 N–H and O–H groups in total. The molecule has 0 saturated heterocycles. The first-order chi connectivity index (χ1) is 13.5. The molecule has 3 aromatic rings. The standard InChI is InChI=1S/C20H20N2O4S2/c1-25-15-8-9-17(26-2)19(12-15)28(23,24)22-11-10-16-18(13-22)27-20(21-16)14-6-4-3-5-7-14/h3-9,12H,10-11,13H2,1-2H3. The van der Waals surface area contributed by atoms with Crippen LogP contribution in [0.15, 0.2) is 53.4 Å². The zero-order valence-corrected chi connectivity index (χ0v) is 17.2. The summed E-state index contributed by atoms with van der Waals surface area (Å²) in [6.07, 6.45) is 0.587. The first-order valence-electron chi connectivity index (χ1n) is 8.79. The van der Waals surface area contributed by atoms with E-state index in [1.54, 1.807) is 23.5 Å². The molecule has 8 heteroatoms. The van der Waals surface area contributed by atoms with Crippen LogP contribution in [-0.4, -0.2) is 38.5 Å². The number of hydrogen-bond donors (Lipinski definition) is 0. The Morgan fingerprint density at radius 2 is 1.86 bits per heavy atom. The van der Waals surface area contributed by atoms with E-state index in [0.717, 1.165) is 21.1 Å². The van der Waals surface area contributed by atoms with Crippen LogP contribution in [0.25, 0.3) is 10.6 Å². The third-order valence-corrected chi connectivity index (χ3v) is 7.70.